The highest BCUT2D eigenvalue weighted by Crippen LogP contribution is 2.13. The first kappa shape index (κ1) is 14.0. The van der Waals surface area contributed by atoms with Gasteiger partial charge in [-0.3, -0.25) is 4.68 Å². The molecule has 0 radical (unpaired) electrons. The molecule has 100 valence electrons. The zero-order chi connectivity index (χ0) is 13.7. The average molecular weight is 339 g/mol. The first-order chi connectivity index (χ1) is 9.19. The van der Waals surface area contributed by atoms with Crippen LogP contribution in [0.15, 0.2) is 41.0 Å². The molecule has 0 atom stereocenters. The molecule has 0 aliphatic rings. The molecule has 0 saturated heterocycles. The van der Waals surface area contributed by atoms with Crippen LogP contribution in [0.5, 0.6) is 0 Å². The largest absolute Gasteiger partial charge is 0.357 e. The quantitative estimate of drug-likeness (QED) is 0.840. The van der Waals surface area contributed by atoms with E-state index in [2.05, 4.69) is 38.6 Å². The molecule has 2 rings (SSSR count). The first-order valence-corrected chi connectivity index (χ1v) is 7.20. The maximum Gasteiger partial charge on any atom is 0.171 e. The second-order valence-electron chi connectivity index (χ2n) is 3.95. The minimum absolute atomic E-state index is 0.603. The van der Waals surface area contributed by atoms with Gasteiger partial charge in [0.25, 0.3) is 0 Å². The highest BCUT2D eigenvalue weighted by molar-refractivity contribution is 9.10. The molecular weight excluding hydrogens is 324 g/mol. The lowest BCUT2D eigenvalue weighted by Gasteiger charge is -2.11. The van der Waals surface area contributed by atoms with E-state index in [1.807, 2.05) is 35.0 Å². The molecule has 1 aromatic carbocycles. The summed E-state index contributed by atoms with van der Waals surface area (Å²) in [6.07, 6.45) is 1.80. The summed E-state index contributed by atoms with van der Waals surface area (Å²) in [5, 5.41) is 11.1. The number of benzene rings is 1. The number of aryl methyl sites for hydroxylation is 1. The van der Waals surface area contributed by atoms with Crippen molar-refractivity contribution in [3.8, 4) is 0 Å². The molecule has 0 spiro atoms. The smallest absolute Gasteiger partial charge is 0.171 e. The fourth-order valence-corrected chi connectivity index (χ4v) is 2.13. The summed E-state index contributed by atoms with van der Waals surface area (Å²) in [4.78, 5) is 0. The second kappa shape index (κ2) is 6.68. The maximum atomic E-state index is 5.26. The summed E-state index contributed by atoms with van der Waals surface area (Å²) >= 11 is 8.66. The van der Waals surface area contributed by atoms with Gasteiger partial charge in [0.05, 0.1) is 12.2 Å². The van der Waals surface area contributed by atoms with E-state index in [4.69, 9.17) is 12.2 Å². The molecule has 0 unspecified atom stereocenters. The Labute approximate surface area is 126 Å². The van der Waals surface area contributed by atoms with Crippen LogP contribution in [0.3, 0.4) is 0 Å². The monoisotopic (exact) mass is 338 g/mol. The van der Waals surface area contributed by atoms with Gasteiger partial charge in [-0.05, 0) is 49.5 Å². The molecular formula is C13H15BrN4S. The van der Waals surface area contributed by atoms with E-state index in [0.717, 1.165) is 22.4 Å². The van der Waals surface area contributed by atoms with Crippen molar-refractivity contribution in [2.24, 2.45) is 0 Å². The van der Waals surface area contributed by atoms with E-state index in [0.29, 0.717) is 11.7 Å². The molecule has 0 saturated carbocycles. The van der Waals surface area contributed by atoms with E-state index in [9.17, 15) is 0 Å². The molecule has 0 fully saturated rings. The van der Waals surface area contributed by atoms with Gasteiger partial charge >= 0.3 is 0 Å². The topological polar surface area (TPSA) is 41.9 Å². The Morgan fingerprint density at radius 3 is 2.74 bits per heavy atom. The molecule has 2 aromatic rings. The van der Waals surface area contributed by atoms with Gasteiger partial charge in [0.1, 0.15) is 0 Å². The summed E-state index contributed by atoms with van der Waals surface area (Å²) in [5.41, 5.74) is 2.08. The van der Waals surface area contributed by atoms with Crippen LogP contribution in [-0.4, -0.2) is 14.9 Å². The van der Waals surface area contributed by atoms with Gasteiger partial charge in [0.2, 0.25) is 0 Å². The molecule has 0 bridgehead atoms. The minimum atomic E-state index is 0.603. The van der Waals surface area contributed by atoms with Crippen molar-refractivity contribution < 1.29 is 0 Å². The van der Waals surface area contributed by atoms with Crippen molar-refractivity contribution in [2.45, 2.75) is 20.0 Å². The maximum absolute atomic E-state index is 5.26. The number of thiocarbonyl (C=S) groups is 1. The SMILES string of the molecule is CCn1nccc1CNC(=S)Nc1ccc(Br)cc1. The van der Waals surface area contributed by atoms with Gasteiger partial charge < -0.3 is 10.6 Å². The molecule has 0 amide bonds. The summed E-state index contributed by atoms with van der Waals surface area (Å²) in [6.45, 7) is 3.59. The number of aromatic nitrogens is 2. The van der Waals surface area contributed by atoms with Gasteiger partial charge in [0, 0.05) is 22.9 Å². The van der Waals surface area contributed by atoms with Crippen molar-refractivity contribution in [1.29, 1.82) is 0 Å². The van der Waals surface area contributed by atoms with E-state index in [1.165, 1.54) is 0 Å². The van der Waals surface area contributed by atoms with Crippen LogP contribution in [0.2, 0.25) is 0 Å². The summed E-state index contributed by atoms with van der Waals surface area (Å²) in [5.74, 6) is 0. The van der Waals surface area contributed by atoms with E-state index in [-0.39, 0.29) is 0 Å². The molecule has 0 aliphatic heterocycles. The molecule has 1 aromatic heterocycles. The van der Waals surface area contributed by atoms with Crippen LogP contribution in [-0.2, 0) is 13.1 Å². The van der Waals surface area contributed by atoms with Gasteiger partial charge in [-0.2, -0.15) is 5.10 Å². The molecule has 4 nitrogen and oxygen atoms in total. The van der Waals surface area contributed by atoms with Crippen molar-refractivity contribution in [2.75, 3.05) is 5.32 Å². The van der Waals surface area contributed by atoms with Crippen molar-refractivity contribution in [1.82, 2.24) is 15.1 Å². The van der Waals surface area contributed by atoms with Gasteiger partial charge in [-0.1, -0.05) is 15.9 Å². The third-order valence-electron chi connectivity index (χ3n) is 2.64. The Morgan fingerprint density at radius 1 is 1.32 bits per heavy atom. The predicted molar refractivity (Wildman–Crippen MR) is 85.1 cm³/mol. The van der Waals surface area contributed by atoms with Gasteiger partial charge in [-0.15, -0.1) is 0 Å². The predicted octanol–water partition coefficient (Wildman–Crippen LogP) is 3.15. The highest BCUT2D eigenvalue weighted by atomic mass is 79.9. The van der Waals surface area contributed by atoms with Gasteiger partial charge in [0.15, 0.2) is 5.11 Å². The summed E-state index contributed by atoms with van der Waals surface area (Å²) < 4.78 is 2.98. The molecule has 1 heterocycles. The van der Waals surface area contributed by atoms with E-state index < -0.39 is 0 Å². The Hall–Kier alpha value is -1.40. The lowest BCUT2D eigenvalue weighted by Crippen LogP contribution is -2.28. The Balaban J connectivity index is 1.86. The van der Waals surface area contributed by atoms with E-state index >= 15 is 0 Å². The number of halogens is 1. The minimum Gasteiger partial charge on any atom is -0.357 e. The average Bonchev–Trinajstić information content (AvgIpc) is 2.86. The first-order valence-electron chi connectivity index (χ1n) is 6.00. The van der Waals surface area contributed by atoms with E-state index in [1.54, 1.807) is 6.20 Å². The normalized spacial score (nSPS) is 10.2. The molecule has 19 heavy (non-hydrogen) atoms. The fourth-order valence-electron chi connectivity index (χ4n) is 1.67. The van der Waals surface area contributed by atoms with Crippen molar-refractivity contribution in [3.05, 3.63) is 46.7 Å². The van der Waals surface area contributed by atoms with Crippen LogP contribution in [0.4, 0.5) is 5.69 Å². The number of anilines is 1. The third kappa shape index (κ3) is 4.04. The second-order valence-corrected chi connectivity index (χ2v) is 5.28. The van der Waals surface area contributed by atoms with Crippen LogP contribution >= 0.6 is 28.1 Å². The Bertz CT molecular complexity index is 550. The lowest BCUT2D eigenvalue weighted by molar-refractivity contribution is 0.614. The Kier molecular flexibility index (Phi) is 4.93. The fraction of sp³-hybridized carbons (Fsp3) is 0.231. The van der Waals surface area contributed by atoms with Crippen LogP contribution in [0.1, 0.15) is 12.6 Å². The zero-order valence-electron chi connectivity index (χ0n) is 10.6. The number of nitrogens with zero attached hydrogens (tertiary/aromatic N) is 2. The summed E-state index contributed by atoms with van der Waals surface area (Å²) in [7, 11) is 0. The standard InChI is InChI=1S/C13H15BrN4S/c1-2-18-12(7-8-16-18)9-15-13(19)17-11-5-3-10(14)4-6-11/h3-8H,2,9H2,1H3,(H2,15,17,19). The molecule has 2 N–H and O–H groups in total. The van der Waals surface area contributed by atoms with Gasteiger partial charge in [-0.25, -0.2) is 0 Å². The highest BCUT2D eigenvalue weighted by Gasteiger charge is 2.02. The molecule has 0 aliphatic carbocycles. The van der Waals surface area contributed by atoms with Crippen LogP contribution in [0.25, 0.3) is 0 Å². The van der Waals surface area contributed by atoms with Crippen LogP contribution in [0, 0.1) is 0 Å². The molecule has 6 heteroatoms. The number of hydrogen-bond donors (Lipinski definition) is 2. The number of nitrogens with one attached hydrogen (secondary N) is 2. The summed E-state index contributed by atoms with van der Waals surface area (Å²) in [6, 6.07) is 9.86. The number of hydrogen-bond acceptors (Lipinski definition) is 2. The van der Waals surface area contributed by atoms with Crippen molar-refractivity contribution >= 4 is 38.9 Å². The Morgan fingerprint density at radius 2 is 2.05 bits per heavy atom. The third-order valence-corrected chi connectivity index (χ3v) is 3.41. The zero-order valence-corrected chi connectivity index (χ0v) is 13.0. The van der Waals surface area contributed by atoms with Crippen LogP contribution < -0.4 is 10.6 Å². The number of rotatable bonds is 4. The lowest BCUT2D eigenvalue weighted by atomic mass is 10.3. The van der Waals surface area contributed by atoms with Crippen molar-refractivity contribution in [3.63, 3.8) is 0 Å².